The highest BCUT2D eigenvalue weighted by Crippen LogP contribution is 2.22. The minimum Gasteiger partial charge on any atom is -0.465 e. The van der Waals surface area contributed by atoms with Crippen molar-refractivity contribution in [1.29, 1.82) is 0 Å². The summed E-state index contributed by atoms with van der Waals surface area (Å²) in [6.07, 6.45) is 0.215. The van der Waals surface area contributed by atoms with Gasteiger partial charge in [-0.3, -0.25) is 9.59 Å². The number of carbonyl (C=O) groups excluding carboxylic acids is 3. The topological polar surface area (TPSA) is 77.3 Å². The van der Waals surface area contributed by atoms with E-state index in [1.165, 1.54) is 12.0 Å². The van der Waals surface area contributed by atoms with E-state index in [1.54, 1.807) is 24.3 Å². The fourth-order valence-corrected chi connectivity index (χ4v) is 3.07. The summed E-state index contributed by atoms with van der Waals surface area (Å²) >= 11 is 0. The summed E-state index contributed by atoms with van der Waals surface area (Å²) in [7, 11) is 1.31. The van der Waals surface area contributed by atoms with Gasteiger partial charge in [-0.05, 0) is 24.3 Å². The van der Waals surface area contributed by atoms with E-state index in [4.69, 9.17) is 4.74 Å². The molecule has 0 radical (unpaired) electrons. The van der Waals surface area contributed by atoms with Crippen molar-refractivity contribution in [3.63, 3.8) is 0 Å². The first kappa shape index (κ1) is 15.6. The molecule has 2 saturated heterocycles. The molecule has 1 aromatic carbocycles. The number of imide groups is 1. The number of amides is 2. The molecule has 0 aromatic heterocycles. The van der Waals surface area contributed by atoms with E-state index in [1.807, 2.05) is 0 Å². The van der Waals surface area contributed by atoms with Crippen LogP contribution in [-0.2, 0) is 19.1 Å². The van der Waals surface area contributed by atoms with Crippen LogP contribution in [0, 0.1) is 0 Å². The maximum absolute atomic E-state index is 12.6. The molecule has 2 amide bonds. The lowest BCUT2D eigenvalue weighted by Crippen LogP contribution is -3.18. The molecule has 122 valence electrons. The van der Waals surface area contributed by atoms with Gasteiger partial charge in [-0.2, -0.15) is 0 Å². The Hall–Kier alpha value is -2.25. The van der Waals surface area contributed by atoms with Crippen molar-refractivity contribution in [2.75, 3.05) is 38.3 Å². The summed E-state index contributed by atoms with van der Waals surface area (Å²) < 4.78 is 9.94. The molecule has 1 unspecified atom stereocenters. The second kappa shape index (κ2) is 6.47. The van der Waals surface area contributed by atoms with Gasteiger partial charge in [-0.25, -0.2) is 9.69 Å². The second-order valence-corrected chi connectivity index (χ2v) is 5.63. The second-order valence-electron chi connectivity index (χ2n) is 5.63. The monoisotopic (exact) mass is 319 g/mol. The molecule has 0 saturated carbocycles. The summed E-state index contributed by atoms with van der Waals surface area (Å²) in [5, 5.41) is 0. The van der Waals surface area contributed by atoms with Crippen LogP contribution in [0.3, 0.4) is 0 Å². The van der Waals surface area contributed by atoms with Crippen LogP contribution in [0.5, 0.6) is 0 Å². The van der Waals surface area contributed by atoms with Gasteiger partial charge in [-0.1, -0.05) is 0 Å². The first-order valence-electron chi connectivity index (χ1n) is 7.59. The first-order valence-corrected chi connectivity index (χ1v) is 7.59. The number of hydrogen-bond acceptors (Lipinski definition) is 5. The van der Waals surface area contributed by atoms with E-state index in [0.29, 0.717) is 24.5 Å². The highest BCUT2D eigenvalue weighted by atomic mass is 16.5. The van der Waals surface area contributed by atoms with E-state index in [0.717, 1.165) is 18.0 Å². The van der Waals surface area contributed by atoms with Crippen LogP contribution < -0.4 is 9.80 Å². The quantitative estimate of drug-likeness (QED) is 0.572. The van der Waals surface area contributed by atoms with Crippen molar-refractivity contribution in [2.45, 2.75) is 12.5 Å². The first-order chi connectivity index (χ1) is 11.1. The van der Waals surface area contributed by atoms with Gasteiger partial charge in [0, 0.05) is 0 Å². The smallest absolute Gasteiger partial charge is 0.337 e. The number of carbonyl (C=O) groups is 3. The number of morpholine rings is 1. The Morgan fingerprint density at radius 3 is 2.48 bits per heavy atom. The molecule has 7 nitrogen and oxygen atoms in total. The zero-order valence-electron chi connectivity index (χ0n) is 12.9. The summed E-state index contributed by atoms with van der Waals surface area (Å²) in [5.74, 6) is -0.839. The van der Waals surface area contributed by atoms with Crippen LogP contribution in [0.4, 0.5) is 5.69 Å². The lowest BCUT2D eigenvalue weighted by Gasteiger charge is -2.27. The third kappa shape index (κ3) is 2.97. The van der Waals surface area contributed by atoms with E-state index in [-0.39, 0.29) is 24.3 Å². The van der Waals surface area contributed by atoms with E-state index in [9.17, 15) is 14.4 Å². The van der Waals surface area contributed by atoms with Crippen molar-refractivity contribution in [3.8, 4) is 0 Å². The Morgan fingerprint density at radius 2 is 1.87 bits per heavy atom. The molecule has 1 atom stereocenters. The molecule has 3 rings (SSSR count). The van der Waals surface area contributed by atoms with Crippen molar-refractivity contribution >= 4 is 23.5 Å². The van der Waals surface area contributed by atoms with Gasteiger partial charge in [0.2, 0.25) is 5.91 Å². The number of hydrogen-bond donors (Lipinski definition) is 1. The van der Waals surface area contributed by atoms with E-state index in [2.05, 4.69) is 4.74 Å². The lowest BCUT2D eigenvalue weighted by atomic mass is 10.2. The number of nitrogens with zero attached hydrogens (tertiary/aromatic N) is 1. The third-order valence-electron chi connectivity index (χ3n) is 4.32. The predicted octanol–water partition coefficient (Wildman–Crippen LogP) is -0.980. The van der Waals surface area contributed by atoms with Crippen LogP contribution in [0.2, 0.25) is 0 Å². The van der Waals surface area contributed by atoms with Gasteiger partial charge < -0.3 is 14.4 Å². The Bertz CT molecular complexity index is 622. The van der Waals surface area contributed by atoms with E-state index < -0.39 is 5.97 Å². The predicted molar refractivity (Wildman–Crippen MR) is 80.2 cm³/mol. The zero-order chi connectivity index (χ0) is 16.4. The Balaban J connectivity index is 1.78. The minimum atomic E-state index is -0.453. The number of rotatable bonds is 3. The summed E-state index contributed by atoms with van der Waals surface area (Å²) in [6, 6.07) is 5.96. The van der Waals surface area contributed by atoms with Crippen LogP contribution in [0.25, 0.3) is 0 Å². The van der Waals surface area contributed by atoms with Crippen LogP contribution in [-0.4, -0.2) is 57.2 Å². The van der Waals surface area contributed by atoms with Crippen LogP contribution in [0.1, 0.15) is 16.8 Å². The molecule has 2 heterocycles. The third-order valence-corrected chi connectivity index (χ3v) is 4.32. The molecule has 0 aliphatic carbocycles. The average Bonchev–Trinajstić information content (AvgIpc) is 2.89. The number of esters is 1. The highest BCUT2D eigenvalue weighted by Gasteiger charge is 2.46. The average molecular weight is 319 g/mol. The number of quaternary nitrogens is 1. The zero-order valence-corrected chi connectivity index (χ0v) is 12.9. The number of ether oxygens (including phenoxy) is 2. The minimum absolute atomic E-state index is 0.183. The normalized spacial score (nSPS) is 22.5. The maximum Gasteiger partial charge on any atom is 0.337 e. The largest absolute Gasteiger partial charge is 0.465 e. The van der Waals surface area contributed by atoms with Crippen molar-refractivity contribution in [2.24, 2.45) is 0 Å². The molecule has 7 heteroatoms. The molecule has 2 fully saturated rings. The van der Waals surface area contributed by atoms with Gasteiger partial charge in [0.05, 0.1) is 38.0 Å². The molecular formula is C16H19N2O5+. The SMILES string of the molecule is COC(=O)c1ccc(N2C(=O)CC([NH+]3CCOCC3)C2=O)cc1. The van der Waals surface area contributed by atoms with Gasteiger partial charge in [0.15, 0.2) is 6.04 Å². The van der Waals surface area contributed by atoms with Gasteiger partial charge in [0.25, 0.3) is 5.91 Å². The number of methoxy groups -OCH3 is 1. The van der Waals surface area contributed by atoms with Gasteiger partial charge >= 0.3 is 5.97 Å². The maximum atomic E-state index is 12.6. The molecule has 1 aromatic rings. The fourth-order valence-electron chi connectivity index (χ4n) is 3.07. The summed E-state index contributed by atoms with van der Waals surface area (Å²) in [6.45, 7) is 2.69. The number of nitrogens with one attached hydrogen (secondary N) is 1. The van der Waals surface area contributed by atoms with Crippen molar-refractivity contribution < 1.29 is 28.8 Å². The Kier molecular flexibility index (Phi) is 4.40. The molecule has 0 bridgehead atoms. The summed E-state index contributed by atoms with van der Waals surface area (Å²) in [5.41, 5.74) is 0.869. The van der Waals surface area contributed by atoms with Crippen molar-refractivity contribution in [3.05, 3.63) is 29.8 Å². The molecule has 2 aliphatic rings. The molecule has 23 heavy (non-hydrogen) atoms. The van der Waals surface area contributed by atoms with Crippen LogP contribution in [0.15, 0.2) is 24.3 Å². The van der Waals surface area contributed by atoms with Crippen LogP contribution >= 0.6 is 0 Å². The Morgan fingerprint density at radius 1 is 1.22 bits per heavy atom. The number of anilines is 1. The van der Waals surface area contributed by atoms with Crippen molar-refractivity contribution in [1.82, 2.24) is 0 Å². The lowest BCUT2D eigenvalue weighted by molar-refractivity contribution is -0.922. The molecule has 0 spiro atoms. The molecule has 1 N–H and O–H groups in total. The fraction of sp³-hybridized carbons (Fsp3) is 0.438. The van der Waals surface area contributed by atoms with Gasteiger partial charge in [0.1, 0.15) is 13.1 Å². The van der Waals surface area contributed by atoms with Gasteiger partial charge in [-0.15, -0.1) is 0 Å². The van der Waals surface area contributed by atoms with E-state index >= 15 is 0 Å². The standard InChI is InChI=1S/C16H18N2O5/c1-22-16(21)11-2-4-12(5-3-11)18-14(19)10-13(15(18)20)17-6-8-23-9-7-17/h2-5,13H,6-10H2,1H3/p+1. The highest BCUT2D eigenvalue weighted by molar-refractivity contribution is 6.21. The molecular weight excluding hydrogens is 300 g/mol. The molecule has 2 aliphatic heterocycles. The Labute approximate surface area is 133 Å². The number of benzene rings is 1. The summed E-state index contributed by atoms with van der Waals surface area (Å²) in [4.78, 5) is 38.7.